The van der Waals surface area contributed by atoms with Crippen molar-refractivity contribution in [2.75, 3.05) is 26.2 Å². The standard InChI is InChI=1S/C21H26FNO.ClH/c22-20-9-4-5-10-21(20)24-16-6-13-23-14-11-19(12-15-23)17-18-7-2-1-3-8-18;/h1-5,7-10,19H,6,11-17H2;1H/p-1. The molecule has 2 aromatic rings. The van der Waals surface area contributed by atoms with E-state index in [1.165, 1.54) is 30.9 Å². The summed E-state index contributed by atoms with van der Waals surface area (Å²) in [6, 6.07) is 17.4. The minimum Gasteiger partial charge on any atom is -1.00 e. The largest absolute Gasteiger partial charge is 1.00 e. The molecule has 0 atom stereocenters. The van der Waals surface area contributed by atoms with Crippen molar-refractivity contribution in [2.45, 2.75) is 25.7 Å². The molecule has 0 spiro atoms. The topological polar surface area (TPSA) is 12.5 Å². The van der Waals surface area contributed by atoms with Gasteiger partial charge in [-0.15, -0.1) is 0 Å². The quantitative estimate of drug-likeness (QED) is 0.693. The van der Waals surface area contributed by atoms with E-state index in [1.807, 2.05) is 0 Å². The van der Waals surface area contributed by atoms with Crippen LogP contribution in [0.15, 0.2) is 54.6 Å². The summed E-state index contributed by atoms with van der Waals surface area (Å²) in [6.45, 7) is 3.94. The Morgan fingerprint density at radius 1 is 0.960 bits per heavy atom. The monoisotopic (exact) mass is 362 g/mol. The molecule has 4 heteroatoms. The zero-order valence-electron chi connectivity index (χ0n) is 14.5. The van der Waals surface area contributed by atoms with E-state index in [4.69, 9.17) is 4.74 Å². The highest BCUT2D eigenvalue weighted by atomic mass is 35.5. The van der Waals surface area contributed by atoms with Crippen molar-refractivity contribution in [2.24, 2.45) is 5.92 Å². The number of benzene rings is 2. The van der Waals surface area contributed by atoms with Crippen LogP contribution in [-0.2, 0) is 6.42 Å². The molecule has 1 heterocycles. The van der Waals surface area contributed by atoms with E-state index >= 15 is 0 Å². The van der Waals surface area contributed by atoms with Crippen molar-refractivity contribution in [3.63, 3.8) is 0 Å². The average Bonchev–Trinajstić information content (AvgIpc) is 2.62. The van der Waals surface area contributed by atoms with E-state index < -0.39 is 0 Å². The summed E-state index contributed by atoms with van der Waals surface area (Å²) < 4.78 is 19.0. The van der Waals surface area contributed by atoms with Crippen molar-refractivity contribution in [3.8, 4) is 5.75 Å². The van der Waals surface area contributed by atoms with Crippen LogP contribution < -0.4 is 17.1 Å². The van der Waals surface area contributed by atoms with Gasteiger partial charge >= 0.3 is 0 Å². The lowest BCUT2D eigenvalue weighted by molar-refractivity contribution is -0.00000593. The number of rotatable bonds is 7. The molecule has 0 saturated carbocycles. The molecule has 3 rings (SSSR count). The number of ether oxygens (including phenoxy) is 1. The molecular formula is C21H26ClFNO-. The highest BCUT2D eigenvalue weighted by Gasteiger charge is 2.19. The van der Waals surface area contributed by atoms with Crippen LogP contribution in [0.5, 0.6) is 5.75 Å². The molecule has 0 aromatic heterocycles. The van der Waals surface area contributed by atoms with Crippen LogP contribution in [0.25, 0.3) is 0 Å². The fourth-order valence-electron chi connectivity index (χ4n) is 3.39. The lowest BCUT2D eigenvalue weighted by atomic mass is 9.90. The molecule has 1 aliphatic heterocycles. The Bertz CT molecular complexity index is 614. The molecule has 2 nitrogen and oxygen atoms in total. The van der Waals surface area contributed by atoms with Crippen LogP contribution in [0.1, 0.15) is 24.8 Å². The van der Waals surface area contributed by atoms with E-state index in [9.17, 15) is 4.39 Å². The third kappa shape index (κ3) is 6.33. The van der Waals surface area contributed by atoms with E-state index in [0.717, 1.165) is 32.0 Å². The number of piperidine rings is 1. The van der Waals surface area contributed by atoms with E-state index in [2.05, 4.69) is 35.2 Å². The number of likely N-dealkylation sites (tertiary alicyclic amines) is 1. The zero-order chi connectivity index (χ0) is 16.6. The number of nitrogens with zero attached hydrogens (tertiary/aromatic N) is 1. The van der Waals surface area contributed by atoms with E-state index in [0.29, 0.717) is 12.4 Å². The van der Waals surface area contributed by atoms with Crippen LogP contribution in [-0.4, -0.2) is 31.1 Å². The Morgan fingerprint density at radius 2 is 1.64 bits per heavy atom. The Hall–Kier alpha value is -1.58. The first kappa shape index (κ1) is 19.7. The van der Waals surface area contributed by atoms with E-state index in [-0.39, 0.29) is 18.2 Å². The van der Waals surface area contributed by atoms with Crippen LogP contribution >= 0.6 is 0 Å². The Balaban J connectivity index is 0.00000225. The smallest absolute Gasteiger partial charge is 0.165 e. The van der Waals surface area contributed by atoms with Crippen molar-refractivity contribution in [3.05, 3.63) is 66.0 Å². The summed E-state index contributed by atoms with van der Waals surface area (Å²) in [6.07, 6.45) is 4.68. The summed E-state index contributed by atoms with van der Waals surface area (Å²) in [7, 11) is 0. The highest BCUT2D eigenvalue weighted by molar-refractivity contribution is 5.23. The lowest BCUT2D eigenvalue weighted by Crippen LogP contribution is -3.00. The summed E-state index contributed by atoms with van der Waals surface area (Å²) in [5.41, 5.74) is 1.45. The second kappa shape index (κ2) is 10.4. The molecular weight excluding hydrogens is 337 g/mol. The minimum atomic E-state index is -0.278. The predicted octanol–water partition coefficient (Wildman–Crippen LogP) is 1.55. The molecule has 2 aromatic carbocycles. The van der Waals surface area contributed by atoms with Gasteiger partial charge in [-0.1, -0.05) is 42.5 Å². The van der Waals surface area contributed by atoms with Crippen LogP contribution in [0.4, 0.5) is 4.39 Å². The molecule has 0 bridgehead atoms. The molecule has 1 aliphatic rings. The minimum absolute atomic E-state index is 0. The van der Waals surface area contributed by atoms with Crippen LogP contribution in [0.3, 0.4) is 0 Å². The van der Waals surface area contributed by atoms with Crippen molar-refractivity contribution < 1.29 is 21.5 Å². The van der Waals surface area contributed by atoms with Crippen LogP contribution in [0, 0.1) is 11.7 Å². The predicted molar refractivity (Wildman–Crippen MR) is 95.8 cm³/mol. The van der Waals surface area contributed by atoms with Gasteiger partial charge < -0.3 is 22.0 Å². The normalized spacial score (nSPS) is 15.6. The number of halogens is 2. The molecule has 25 heavy (non-hydrogen) atoms. The SMILES string of the molecule is Fc1ccccc1OCCCN1CCC(Cc2ccccc2)CC1.[Cl-]. The first-order chi connectivity index (χ1) is 11.8. The van der Waals surface area contributed by atoms with E-state index in [1.54, 1.807) is 18.2 Å². The first-order valence-corrected chi connectivity index (χ1v) is 8.95. The van der Waals surface area contributed by atoms with Gasteiger partial charge in [-0.05, 0) is 62.4 Å². The third-order valence-electron chi connectivity index (χ3n) is 4.79. The second-order valence-electron chi connectivity index (χ2n) is 6.61. The van der Waals surface area contributed by atoms with Gasteiger partial charge in [0.05, 0.1) is 6.61 Å². The van der Waals surface area contributed by atoms with Gasteiger partial charge in [0, 0.05) is 6.54 Å². The van der Waals surface area contributed by atoms with Gasteiger partial charge in [0.25, 0.3) is 0 Å². The Morgan fingerprint density at radius 3 is 2.36 bits per heavy atom. The zero-order valence-corrected chi connectivity index (χ0v) is 15.3. The molecule has 1 saturated heterocycles. The lowest BCUT2D eigenvalue weighted by Gasteiger charge is -2.32. The van der Waals surface area contributed by atoms with Crippen LogP contribution in [0.2, 0.25) is 0 Å². The fourth-order valence-corrected chi connectivity index (χ4v) is 3.39. The van der Waals surface area contributed by atoms with Gasteiger partial charge in [0.1, 0.15) is 0 Å². The van der Waals surface area contributed by atoms with Crippen molar-refractivity contribution >= 4 is 0 Å². The molecule has 1 fully saturated rings. The van der Waals surface area contributed by atoms with Gasteiger partial charge in [-0.3, -0.25) is 0 Å². The number of para-hydroxylation sites is 1. The fraction of sp³-hybridized carbons (Fsp3) is 0.429. The molecule has 136 valence electrons. The molecule has 0 N–H and O–H groups in total. The molecule has 0 aliphatic carbocycles. The van der Waals surface area contributed by atoms with Gasteiger partial charge in [0.2, 0.25) is 0 Å². The Labute approximate surface area is 156 Å². The number of hydrogen-bond acceptors (Lipinski definition) is 2. The number of hydrogen-bond donors (Lipinski definition) is 0. The van der Waals surface area contributed by atoms with Gasteiger partial charge in [-0.2, -0.15) is 0 Å². The molecule has 0 amide bonds. The van der Waals surface area contributed by atoms with Crippen molar-refractivity contribution in [1.82, 2.24) is 4.90 Å². The molecule has 0 radical (unpaired) electrons. The highest BCUT2D eigenvalue weighted by Crippen LogP contribution is 2.22. The average molecular weight is 363 g/mol. The third-order valence-corrected chi connectivity index (χ3v) is 4.79. The summed E-state index contributed by atoms with van der Waals surface area (Å²) in [4.78, 5) is 2.51. The summed E-state index contributed by atoms with van der Waals surface area (Å²) >= 11 is 0. The maximum absolute atomic E-state index is 13.5. The summed E-state index contributed by atoms with van der Waals surface area (Å²) in [5, 5.41) is 0. The molecule has 0 unspecified atom stereocenters. The van der Waals surface area contributed by atoms with Crippen molar-refractivity contribution in [1.29, 1.82) is 0 Å². The first-order valence-electron chi connectivity index (χ1n) is 8.95. The second-order valence-corrected chi connectivity index (χ2v) is 6.61. The van der Waals surface area contributed by atoms with Gasteiger partial charge in [-0.25, -0.2) is 4.39 Å². The maximum atomic E-state index is 13.5. The Kier molecular flexibility index (Phi) is 8.23. The van der Waals surface area contributed by atoms with Gasteiger partial charge in [0.15, 0.2) is 11.6 Å². The maximum Gasteiger partial charge on any atom is 0.165 e. The summed E-state index contributed by atoms with van der Waals surface area (Å²) in [5.74, 6) is 0.886.